The Hall–Kier alpha value is -4.07. The monoisotopic (exact) mass is 472 g/mol. The number of carbonyl (C=O) groups is 2. The molecule has 0 fully saturated rings. The Kier molecular flexibility index (Phi) is 5.39. The minimum absolute atomic E-state index is 0.131. The number of benzene rings is 1. The summed E-state index contributed by atoms with van der Waals surface area (Å²) in [5, 5.41) is 2.96. The zero-order valence-electron chi connectivity index (χ0n) is 20.5. The number of fused-ring (bicyclic) bond motifs is 2. The number of pyridine rings is 1. The van der Waals surface area contributed by atoms with Crippen LogP contribution >= 0.6 is 0 Å². The number of rotatable bonds is 2. The van der Waals surface area contributed by atoms with Crippen molar-refractivity contribution in [2.45, 2.75) is 40.2 Å². The van der Waals surface area contributed by atoms with Gasteiger partial charge in [-0.25, -0.2) is 9.78 Å². The Balaban J connectivity index is 1.59. The summed E-state index contributed by atoms with van der Waals surface area (Å²) in [5.74, 6) is 0.276. The van der Waals surface area contributed by atoms with E-state index in [-0.39, 0.29) is 5.91 Å². The number of nitrogens with one attached hydrogen (secondary N) is 2. The number of ether oxygens (including phenoxy) is 2. The number of aromatic amines is 1. The average Bonchev–Trinajstić information content (AvgIpc) is 3.44. The van der Waals surface area contributed by atoms with Gasteiger partial charge < -0.3 is 19.8 Å². The number of anilines is 2. The van der Waals surface area contributed by atoms with E-state index in [1.807, 2.05) is 71.1 Å². The van der Waals surface area contributed by atoms with Gasteiger partial charge in [0.25, 0.3) is 5.91 Å². The van der Waals surface area contributed by atoms with Gasteiger partial charge in [0.1, 0.15) is 17.9 Å². The zero-order chi connectivity index (χ0) is 24.9. The highest BCUT2D eigenvalue weighted by Gasteiger charge is 2.32. The first-order chi connectivity index (χ1) is 16.6. The molecule has 2 N–H and O–H groups in total. The van der Waals surface area contributed by atoms with Crippen molar-refractivity contribution in [3.05, 3.63) is 59.5 Å². The Bertz CT molecular complexity index is 1370. The lowest BCUT2D eigenvalue weighted by Crippen LogP contribution is -2.42. The van der Waals surface area contributed by atoms with Crippen molar-refractivity contribution >= 4 is 34.5 Å². The first-order valence-corrected chi connectivity index (χ1v) is 11.6. The fourth-order valence-corrected chi connectivity index (χ4v) is 4.53. The van der Waals surface area contributed by atoms with Crippen LogP contribution in [0.15, 0.2) is 42.7 Å². The Morgan fingerprint density at radius 2 is 2.00 bits per heavy atom. The molecule has 8 heteroatoms. The highest BCUT2D eigenvalue weighted by Crippen LogP contribution is 2.42. The van der Waals surface area contributed by atoms with Crippen molar-refractivity contribution in [3.63, 3.8) is 0 Å². The summed E-state index contributed by atoms with van der Waals surface area (Å²) in [6, 6.07) is 9.69. The highest BCUT2D eigenvalue weighted by atomic mass is 16.6. The summed E-state index contributed by atoms with van der Waals surface area (Å²) < 4.78 is 11.4. The maximum absolute atomic E-state index is 13.0. The molecule has 180 valence electrons. The molecule has 3 aromatic rings. The van der Waals surface area contributed by atoms with Gasteiger partial charge in [-0.1, -0.05) is 6.07 Å². The second-order valence-electron chi connectivity index (χ2n) is 9.73. The average molecular weight is 473 g/mol. The maximum Gasteiger partial charge on any atom is 0.415 e. The van der Waals surface area contributed by atoms with Crippen LogP contribution in [0.2, 0.25) is 0 Å². The normalized spacial score (nSPS) is 16.3. The summed E-state index contributed by atoms with van der Waals surface area (Å²) in [5.41, 5.74) is 6.57. The lowest BCUT2D eigenvalue weighted by atomic mass is 9.94. The maximum atomic E-state index is 13.0. The molecule has 0 unspecified atom stereocenters. The number of allylic oxidation sites excluding steroid dienone is 1. The van der Waals surface area contributed by atoms with Crippen molar-refractivity contribution in [1.82, 2.24) is 9.97 Å². The van der Waals surface area contributed by atoms with Crippen LogP contribution in [0.25, 0.3) is 22.3 Å². The zero-order valence-corrected chi connectivity index (χ0v) is 20.5. The summed E-state index contributed by atoms with van der Waals surface area (Å²) in [4.78, 5) is 35.1. The second kappa shape index (κ2) is 8.30. The van der Waals surface area contributed by atoms with Gasteiger partial charge in [0.15, 0.2) is 0 Å². The molecule has 35 heavy (non-hydrogen) atoms. The van der Waals surface area contributed by atoms with Crippen LogP contribution in [0.4, 0.5) is 16.2 Å². The van der Waals surface area contributed by atoms with Crippen LogP contribution in [0, 0.1) is 6.92 Å². The van der Waals surface area contributed by atoms with E-state index in [1.165, 1.54) is 0 Å². The largest absolute Gasteiger partial charge is 0.474 e. The first kappa shape index (κ1) is 22.7. The van der Waals surface area contributed by atoms with Gasteiger partial charge in [-0.2, -0.15) is 0 Å². The van der Waals surface area contributed by atoms with E-state index in [4.69, 9.17) is 9.47 Å². The van der Waals surface area contributed by atoms with Gasteiger partial charge >= 0.3 is 6.09 Å². The van der Waals surface area contributed by atoms with Crippen LogP contribution < -0.4 is 15.0 Å². The number of aromatic nitrogens is 2. The molecule has 0 radical (unpaired) electrons. The van der Waals surface area contributed by atoms with Gasteiger partial charge in [-0.05, 0) is 75.6 Å². The van der Waals surface area contributed by atoms with Gasteiger partial charge in [0, 0.05) is 34.9 Å². The van der Waals surface area contributed by atoms with Gasteiger partial charge in [0.05, 0.1) is 12.1 Å². The summed E-state index contributed by atoms with van der Waals surface area (Å²) in [7, 11) is 0. The van der Waals surface area contributed by atoms with Crippen molar-refractivity contribution in [1.29, 1.82) is 0 Å². The lowest BCUT2D eigenvalue weighted by Gasteiger charge is -2.32. The third kappa shape index (κ3) is 4.05. The second-order valence-corrected chi connectivity index (χ2v) is 9.73. The molecule has 2 aromatic heterocycles. The number of carbonyl (C=O) groups excluding carboxylic acids is 2. The fraction of sp³-hybridized carbons (Fsp3) is 0.296. The molecule has 1 aromatic carbocycles. The molecule has 0 spiro atoms. The summed E-state index contributed by atoms with van der Waals surface area (Å²) in [6.45, 7) is 10.1. The van der Waals surface area contributed by atoms with Crippen LogP contribution in [0.1, 0.15) is 44.5 Å². The fourth-order valence-electron chi connectivity index (χ4n) is 4.53. The standard InChI is InChI=1S/C27H28N4O4/c1-15-19(14-29-25-23(15)31(11-12-34-25)26(33)35-27(3,4)5)17-8-9-21-18(13-17)22(24(32)30-21)16(2)20-7-6-10-28-20/h6-10,13-14,28H,11-12H2,1-5H3,(H,30,32)/b22-16-. The van der Waals surface area contributed by atoms with Crippen molar-refractivity contribution in [3.8, 4) is 17.0 Å². The molecule has 2 aliphatic rings. The molecule has 0 saturated carbocycles. The van der Waals surface area contributed by atoms with E-state index in [1.54, 1.807) is 11.1 Å². The minimum Gasteiger partial charge on any atom is -0.474 e. The number of H-pyrrole nitrogens is 1. The first-order valence-electron chi connectivity index (χ1n) is 11.6. The molecular weight excluding hydrogens is 444 g/mol. The summed E-state index contributed by atoms with van der Waals surface area (Å²) >= 11 is 0. The van der Waals surface area contributed by atoms with E-state index < -0.39 is 11.7 Å². The van der Waals surface area contributed by atoms with E-state index in [0.29, 0.717) is 30.3 Å². The molecular formula is C27H28N4O4. The molecule has 4 heterocycles. The van der Waals surface area contributed by atoms with Crippen molar-refractivity contribution in [2.24, 2.45) is 0 Å². The van der Waals surface area contributed by atoms with E-state index in [0.717, 1.165) is 39.2 Å². The molecule has 2 aliphatic heterocycles. The van der Waals surface area contributed by atoms with Gasteiger partial charge in [-0.3, -0.25) is 9.69 Å². The van der Waals surface area contributed by atoms with Crippen LogP contribution in [-0.2, 0) is 9.53 Å². The van der Waals surface area contributed by atoms with Gasteiger partial charge in [-0.15, -0.1) is 0 Å². The lowest BCUT2D eigenvalue weighted by molar-refractivity contribution is -0.110. The Labute approximate surface area is 204 Å². The summed E-state index contributed by atoms with van der Waals surface area (Å²) in [6.07, 6.45) is 3.16. The molecule has 0 atom stereocenters. The number of nitrogens with zero attached hydrogens (tertiary/aromatic N) is 2. The predicted octanol–water partition coefficient (Wildman–Crippen LogP) is 5.40. The Morgan fingerprint density at radius 1 is 1.20 bits per heavy atom. The molecule has 0 aliphatic carbocycles. The SMILES string of the molecule is C/C(=C1/C(=O)Nc2ccc(-c3cnc4c(c3C)N(C(=O)OC(C)(C)C)CCO4)cc21)c1ccc[nH]1. The van der Waals surface area contributed by atoms with E-state index in [2.05, 4.69) is 15.3 Å². The molecule has 0 bridgehead atoms. The Morgan fingerprint density at radius 3 is 2.71 bits per heavy atom. The number of amides is 2. The number of hydrogen-bond acceptors (Lipinski definition) is 5. The van der Waals surface area contributed by atoms with E-state index in [9.17, 15) is 9.59 Å². The molecule has 5 rings (SSSR count). The third-order valence-corrected chi connectivity index (χ3v) is 6.16. The van der Waals surface area contributed by atoms with Crippen molar-refractivity contribution < 1.29 is 19.1 Å². The number of hydrogen-bond donors (Lipinski definition) is 2. The smallest absolute Gasteiger partial charge is 0.415 e. The van der Waals surface area contributed by atoms with Crippen LogP contribution in [0.3, 0.4) is 0 Å². The van der Waals surface area contributed by atoms with Crippen LogP contribution in [0.5, 0.6) is 5.88 Å². The van der Waals surface area contributed by atoms with E-state index >= 15 is 0 Å². The minimum atomic E-state index is -0.617. The quantitative estimate of drug-likeness (QED) is 0.487. The molecule has 0 saturated heterocycles. The molecule has 2 amide bonds. The van der Waals surface area contributed by atoms with Crippen LogP contribution in [-0.4, -0.2) is 40.7 Å². The predicted molar refractivity (Wildman–Crippen MR) is 135 cm³/mol. The third-order valence-electron chi connectivity index (χ3n) is 6.16. The van der Waals surface area contributed by atoms with Crippen molar-refractivity contribution in [2.75, 3.05) is 23.4 Å². The molecule has 8 nitrogen and oxygen atoms in total. The van der Waals surface area contributed by atoms with Gasteiger partial charge in [0.2, 0.25) is 5.88 Å². The highest BCUT2D eigenvalue weighted by molar-refractivity contribution is 6.36. The topological polar surface area (TPSA) is 96.6 Å².